The van der Waals surface area contributed by atoms with Gasteiger partial charge in [0.05, 0.1) is 5.69 Å². The summed E-state index contributed by atoms with van der Waals surface area (Å²) < 4.78 is 12.2. The Morgan fingerprint density at radius 3 is 2.78 bits per heavy atom. The van der Waals surface area contributed by atoms with E-state index in [2.05, 4.69) is 32.9 Å². The van der Waals surface area contributed by atoms with Gasteiger partial charge in [0.15, 0.2) is 0 Å². The fourth-order valence-corrected chi connectivity index (χ4v) is 3.65. The van der Waals surface area contributed by atoms with Gasteiger partial charge in [0.2, 0.25) is 0 Å². The average Bonchev–Trinajstić information content (AvgIpc) is 3.02. The molecule has 0 saturated carbocycles. The standard InChI is InChI=1S/C20H26BrN3O3/c1-3-5-18-19(15(2)22-27-18)20(25)24-10-8-23(9-11-24)12-13-26-17-7-4-6-16(21)14-17/h4,6-7,14H,3,5,8-13H2,1-2H3. The monoisotopic (exact) mass is 435 g/mol. The maximum Gasteiger partial charge on any atom is 0.259 e. The summed E-state index contributed by atoms with van der Waals surface area (Å²) in [6.07, 6.45) is 1.68. The lowest BCUT2D eigenvalue weighted by atomic mass is 10.1. The number of amides is 1. The number of nitrogens with zero attached hydrogens (tertiary/aromatic N) is 3. The number of aryl methyl sites for hydroxylation is 2. The predicted molar refractivity (Wildman–Crippen MR) is 107 cm³/mol. The molecule has 1 aromatic heterocycles. The third kappa shape index (κ3) is 5.11. The summed E-state index contributed by atoms with van der Waals surface area (Å²) in [5.41, 5.74) is 1.34. The van der Waals surface area contributed by atoms with E-state index in [1.54, 1.807) is 0 Å². The number of piperazine rings is 1. The molecule has 146 valence electrons. The summed E-state index contributed by atoms with van der Waals surface area (Å²) in [5, 5.41) is 3.99. The molecular formula is C20H26BrN3O3. The summed E-state index contributed by atoms with van der Waals surface area (Å²) >= 11 is 3.45. The van der Waals surface area contributed by atoms with E-state index in [1.165, 1.54) is 0 Å². The van der Waals surface area contributed by atoms with E-state index in [9.17, 15) is 4.79 Å². The topological polar surface area (TPSA) is 58.8 Å². The number of ether oxygens (including phenoxy) is 1. The van der Waals surface area contributed by atoms with Gasteiger partial charge in [-0.3, -0.25) is 9.69 Å². The van der Waals surface area contributed by atoms with Gasteiger partial charge in [-0.15, -0.1) is 0 Å². The van der Waals surface area contributed by atoms with Crippen molar-refractivity contribution in [2.75, 3.05) is 39.3 Å². The zero-order valence-corrected chi connectivity index (χ0v) is 17.5. The molecule has 0 unspecified atom stereocenters. The summed E-state index contributed by atoms with van der Waals surface area (Å²) in [7, 11) is 0. The Kier molecular flexibility index (Phi) is 6.90. The predicted octanol–water partition coefficient (Wildman–Crippen LogP) is 3.53. The largest absolute Gasteiger partial charge is 0.492 e. The van der Waals surface area contributed by atoms with Gasteiger partial charge in [0.1, 0.15) is 23.7 Å². The Hall–Kier alpha value is -1.86. The van der Waals surface area contributed by atoms with Crippen molar-refractivity contribution in [3.8, 4) is 5.75 Å². The van der Waals surface area contributed by atoms with Crippen molar-refractivity contribution in [3.63, 3.8) is 0 Å². The second kappa shape index (κ2) is 9.37. The molecule has 1 fully saturated rings. The van der Waals surface area contributed by atoms with E-state index >= 15 is 0 Å². The molecule has 3 rings (SSSR count). The minimum atomic E-state index is 0.0437. The smallest absolute Gasteiger partial charge is 0.259 e. The van der Waals surface area contributed by atoms with Crippen LogP contribution in [0.15, 0.2) is 33.3 Å². The second-order valence-corrected chi connectivity index (χ2v) is 7.67. The molecule has 0 radical (unpaired) electrons. The molecular weight excluding hydrogens is 410 g/mol. The van der Waals surface area contributed by atoms with Crippen LogP contribution in [0.2, 0.25) is 0 Å². The van der Waals surface area contributed by atoms with Crippen LogP contribution in [0, 0.1) is 6.92 Å². The van der Waals surface area contributed by atoms with Crippen molar-refractivity contribution in [1.82, 2.24) is 15.0 Å². The number of benzene rings is 1. The van der Waals surface area contributed by atoms with Gasteiger partial charge in [-0.1, -0.05) is 34.1 Å². The molecule has 0 bridgehead atoms. The normalized spacial score (nSPS) is 15.1. The van der Waals surface area contributed by atoms with Crippen molar-refractivity contribution >= 4 is 21.8 Å². The maximum atomic E-state index is 12.9. The maximum absolute atomic E-state index is 12.9. The Morgan fingerprint density at radius 1 is 1.30 bits per heavy atom. The van der Waals surface area contributed by atoms with Crippen molar-refractivity contribution in [1.29, 1.82) is 0 Å². The third-order valence-corrected chi connectivity index (χ3v) is 5.25. The zero-order chi connectivity index (χ0) is 19.2. The van der Waals surface area contributed by atoms with Gasteiger partial charge in [-0.2, -0.15) is 0 Å². The number of hydrogen-bond acceptors (Lipinski definition) is 5. The van der Waals surface area contributed by atoms with Crippen LogP contribution in [0.4, 0.5) is 0 Å². The molecule has 27 heavy (non-hydrogen) atoms. The van der Waals surface area contributed by atoms with Crippen molar-refractivity contribution in [2.24, 2.45) is 0 Å². The number of aromatic nitrogens is 1. The Balaban J connectivity index is 1.47. The van der Waals surface area contributed by atoms with Gasteiger partial charge < -0.3 is 14.2 Å². The number of rotatable bonds is 7. The third-order valence-electron chi connectivity index (χ3n) is 4.76. The lowest BCUT2D eigenvalue weighted by Gasteiger charge is -2.34. The molecule has 7 heteroatoms. The zero-order valence-electron chi connectivity index (χ0n) is 15.9. The van der Waals surface area contributed by atoms with E-state index in [-0.39, 0.29) is 5.91 Å². The summed E-state index contributed by atoms with van der Waals surface area (Å²) in [6.45, 7) is 8.52. The molecule has 1 amide bonds. The fraction of sp³-hybridized carbons (Fsp3) is 0.500. The summed E-state index contributed by atoms with van der Waals surface area (Å²) in [6, 6.07) is 7.86. The quantitative estimate of drug-likeness (QED) is 0.665. The summed E-state index contributed by atoms with van der Waals surface area (Å²) in [4.78, 5) is 17.1. The highest BCUT2D eigenvalue weighted by molar-refractivity contribution is 9.10. The number of carbonyl (C=O) groups is 1. The van der Waals surface area contributed by atoms with Crippen LogP contribution >= 0.6 is 15.9 Å². The molecule has 6 nitrogen and oxygen atoms in total. The Labute approximate surface area is 168 Å². The first-order valence-electron chi connectivity index (χ1n) is 9.43. The van der Waals surface area contributed by atoms with Crippen molar-refractivity contribution in [2.45, 2.75) is 26.7 Å². The number of halogens is 1. The highest BCUT2D eigenvalue weighted by Gasteiger charge is 2.27. The Morgan fingerprint density at radius 2 is 2.07 bits per heavy atom. The van der Waals surface area contributed by atoms with Gasteiger partial charge in [0, 0.05) is 43.6 Å². The molecule has 1 aromatic carbocycles. The van der Waals surface area contributed by atoms with Crippen LogP contribution in [-0.2, 0) is 6.42 Å². The van der Waals surface area contributed by atoms with E-state index in [0.717, 1.165) is 42.7 Å². The van der Waals surface area contributed by atoms with Crippen LogP contribution in [0.25, 0.3) is 0 Å². The molecule has 2 heterocycles. The van der Waals surface area contributed by atoms with Crippen LogP contribution in [-0.4, -0.2) is 60.2 Å². The fourth-order valence-electron chi connectivity index (χ4n) is 3.27. The molecule has 0 N–H and O–H groups in total. The second-order valence-electron chi connectivity index (χ2n) is 6.76. The van der Waals surface area contributed by atoms with E-state index in [0.29, 0.717) is 36.7 Å². The van der Waals surface area contributed by atoms with E-state index in [4.69, 9.17) is 9.26 Å². The highest BCUT2D eigenvalue weighted by Crippen LogP contribution is 2.20. The Bertz CT molecular complexity index is 770. The van der Waals surface area contributed by atoms with Crippen LogP contribution < -0.4 is 4.74 Å². The molecule has 1 aliphatic heterocycles. The van der Waals surface area contributed by atoms with Crippen LogP contribution in [0.1, 0.15) is 35.2 Å². The van der Waals surface area contributed by atoms with Gasteiger partial charge in [0.25, 0.3) is 5.91 Å². The van der Waals surface area contributed by atoms with E-state index < -0.39 is 0 Å². The molecule has 0 aliphatic carbocycles. The first-order chi connectivity index (χ1) is 13.1. The van der Waals surface area contributed by atoms with E-state index in [1.807, 2.05) is 36.1 Å². The van der Waals surface area contributed by atoms with Gasteiger partial charge in [-0.05, 0) is 31.5 Å². The first kappa shape index (κ1) is 19.9. The van der Waals surface area contributed by atoms with Crippen LogP contribution in [0.3, 0.4) is 0 Å². The molecule has 0 atom stereocenters. The minimum Gasteiger partial charge on any atom is -0.492 e. The lowest BCUT2D eigenvalue weighted by molar-refractivity contribution is 0.0617. The number of hydrogen-bond donors (Lipinski definition) is 0. The molecule has 2 aromatic rings. The number of carbonyl (C=O) groups excluding carboxylic acids is 1. The molecule has 0 spiro atoms. The average molecular weight is 436 g/mol. The SMILES string of the molecule is CCCc1onc(C)c1C(=O)N1CCN(CCOc2cccc(Br)c2)CC1. The summed E-state index contributed by atoms with van der Waals surface area (Å²) in [5.74, 6) is 1.62. The lowest BCUT2D eigenvalue weighted by Crippen LogP contribution is -2.49. The molecule has 1 aliphatic rings. The highest BCUT2D eigenvalue weighted by atomic mass is 79.9. The van der Waals surface area contributed by atoms with Crippen molar-refractivity contribution in [3.05, 3.63) is 45.8 Å². The van der Waals surface area contributed by atoms with Crippen LogP contribution in [0.5, 0.6) is 5.75 Å². The van der Waals surface area contributed by atoms with Gasteiger partial charge >= 0.3 is 0 Å². The first-order valence-corrected chi connectivity index (χ1v) is 10.2. The molecule has 1 saturated heterocycles. The van der Waals surface area contributed by atoms with Crippen molar-refractivity contribution < 1.29 is 14.1 Å². The van der Waals surface area contributed by atoms with Gasteiger partial charge in [-0.25, -0.2) is 0 Å². The minimum absolute atomic E-state index is 0.0437.